The Kier molecular flexibility index (Phi) is 14.1. The number of rotatable bonds is 10. The molecule has 0 saturated carbocycles. The number of carbonyl (C=O) groups is 1. The van der Waals surface area contributed by atoms with Gasteiger partial charge in [-0.25, -0.2) is 23.1 Å². The summed E-state index contributed by atoms with van der Waals surface area (Å²) in [7, 11) is 3.81. The minimum atomic E-state index is -0.950. The molecule has 0 saturated heterocycles. The number of halogens is 6. The summed E-state index contributed by atoms with van der Waals surface area (Å²) in [5.41, 5.74) is 5.58. The third-order valence-electron chi connectivity index (χ3n) is 5.23. The first-order valence-corrected chi connectivity index (χ1v) is 11.7. The van der Waals surface area contributed by atoms with Crippen molar-refractivity contribution in [2.24, 2.45) is 0 Å². The van der Waals surface area contributed by atoms with E-state index in [2.05, 4.69) is 30.9 Å². The number of nitrogens with zero attached hydrogens (tertiary/aromatic N) is 4. The molecule has 4 aromatic rings. The van der Waals surface area contributed by atoms with E-state index in [0.29, 0.717) is 24.9 Å². The molecule has 2 heterocycles. The molecule has 2 aromatic heterocycles. The second-order valence-corrected chi connectivity index (χ2v) is 8.55. The zero-order chi connectivity index (χ0) is 27.9. The summed E-state index contributed by atoms with van der Waals surface area (Å²) in [6.45, 7) is 1.20. The van der Waals surface area contributed by atoms with Crippen LogP contribution in [-0.4, -0.2) is 52.9 Å². The summed E-state index contributed by atoms with van der Waals surface area (Å²) in [5, 5.41) is 8.31. The van der Waals surface area contributed by atoms with Gasteiger partial charge in [0.1, 0.15) is 34.6 Å². The standard InChI is InChI=1S/C26H25F3N8O2.3ClH/c1-37(2)10-9-32-26-33-14-18(25(38)35-21-5-3-15(27)11-19(21)28)24(36-26)34-16-4-6-22(20(29)12-16)39-17-7-8-31-23(30)13-17;;;/h3-8,11-14H,9-10H2,1-2H3,(H2,30,31)(H,35,38)(H2,32,33,34,36);3*1H. The monoisotopic (exact) mass is 646 g/mol. The van der Waals surface area contributed by atoms with Crippen LogP contribution < -0.4 is 26.4 Å². The quantitative estimate of drug-likeness (QED) is 0.166. The highest BCUT2D eigenvalue weighted by Crippen LogP contribution is 2.29. The van der Waals surface area contributed by atoms with E-state index in [1.54, 1.807) is 0 Å². The van der Waals surface area contributed by atoms with Gasteiger partial charge in [0, 0.05) is 49.4 Å². The van der Waals surface area contributed by atoms with Crippen molar-refractivity contribution in [2.75, 3.05) is 48.9 Å². The number of anilines is 5. The summed E-state index contributed by atoms with van der Waals surface area (Å²) >= 11 is 0. The number of ether oxygens (including phenoxy) is 1. The number of aromatic nitrogens is 3. The van der Waals surface area contributed by atoms with Gasteiger partial charge in [0.15, 0.2) is 11.6 Å². The highest BCUT2D eigenvalue weighted by Gasteiger charge is 2.18. The second kappa shape index (κ2) is 16.4. The maximum absolute atomic E-state index is 14.9. The number of pyridine rings is 1. The van der Waals surface area contributed by atoms with E-state index in [0.717, 1.165) is 18.2 Å². The third kappa shape index (κ3) is 9.80. The Bertz CT molecular complexity index is 1500. The van der Waals surface area contributed by atoms with Gasteiger partial charge >= 0.3 is 0 Å². The molecule has 16 heteroatoms. The summed E-state index contributed by atoms with van der Waals surface area (Å²) in [4.78, 5) is 27.3. The molecule has 0 aliphatic rings. The molecule has 10 nitrogen and oxygen atoms in total. The van der Waals surface area contributed by atoms with Crippen LogP contribution in [0.3, 0.4) is 0 Å². The highest BCUT2D eigenvalue weighted by atomic mass is 35.5. The van der Waals surface area contributed by atoms with E-state index in [1.165, 1.54) is 36.7 Å². The van der Waals surface area contributed by atoms with Crippen LogP contribution in [0.4, 0.5) is 42.1 Å². The van der Waals surface area contributed by atoms with Crippen molar-refractivity contribution < 1.29 is 22.7 Å². The Balaban J connectivity index is 0.00000294. The molecular weight excluding hydrogens is 620 g/mol. The smallest absolute Gasteiger partial charge is 0.261 e. The number of hydrogen-bond donors (Lipinski definition) is 4. The second-order valence-electron chi connectivity index (χ2n) is 8.55. The SMILES string of the molecule is CN(C)CCNc1ncc(C(=O)Nc2ccc(F)cc2F)c(Nc2ccc(Oc3ccnc(N)c3)c(F)c2)n1.Cl.Cl.Cl. The van der Waals surface area contributed by atoms with Crippen LogP contribution >= 0.6 is 37.2 Å². The molecule has 226 valence electrons. The lowest BCUT2D eigenvalue weighted by Gasteiger charge is -2.15. The first-order chi connectivity index (χ1) is 18.7. The van der Waals surface area contributed by atoms with E-state index in [9.17, 15) is 18.0 Å². The van der Waals surface area contributed by atoms with Crippen LogP contribution in [0.2, 0.25) is 0 Å². The average molecular weight is 648 g/mol. The van der Waals surface area contributed by atoms with E-state index in [-0.39, 0.29) is 77.5 Å². The first kappa shape index (κ1) is 36.0. The first-order valence-electron chi connectivity index (χ1n) is 11.7. The van der Waals surface area contributed by atoms with Crippen LogP contribution in [0, 0.1) is 17.5 Å². The number of nitrogens with two attached hydrogens (primary N) is 1. The number of likely N-dealkylation sites (N-methyl/N-ethyl adjacent to an activating group) is 1. The topological polar surface area (TPSA) is 130 Å². The number of amides is 1. The Hall–Kier alpha value is -4.04. The van der Waals surface area contributed by atoms with Crippen molar-refractivity contribution >= 4 is 72.1 Å². The van der Waals surface area contributed by atoms with E-state index in [4.69, 9.17) is 10.5 Å². The fourth-order valence-electron chi connectivity index (χ4n) is 3.32. The molecule has 0 bridgehead atoms. The van der Waals surface area contributed by atoms with Crippen molar-refractivity contribution in [2.45, 2.75) is 0 Å². The fraction of sp³-hybridized carbons (Fsp3) is 0.154. The molecule has 0 fully saturated rings. The number of hydrogen-bond acceptors (Lipinski definition) is 9. The Labute approximate surface area is 258 Å². The molecule has 0 aliphatic carbocycles. The zero-order valence-corrected chi connectivity index (χ0v) is 24.7. The fourth-order valence-corrected chi connectivity index (χ4v) is 3.32. The summed E-state index contributed by atoms with van der Waals surface area (Å²) in [6, 6.07) is 9.80. The van der Waals surface area contributed by atoms with Gasteiger partial charge in [0.25, 0.3) is 5.91 Å². The van der Waals surface area contributed by atoms with Crippen LogP contribution in [0.5, 0.6) is 11.5 Å². The van der Waals surface area contributed by atoms with Crippen molar-refractivity contribution in [1.82, 2.24) is 19.9 Å². The lowest BCUT2D eigenvalue weighted by Crippen LogP contribution is -2.22. The molecule has 0 aliphatic heterocycles. The van der Waals surface area contributed by atoms with Gasteiger partial charge in [-0.3, -0.25) is 4.79 Å². The lowest BCUT2D eigenvalue weighted by molar-refractivity contribution is 0.102. The largest absolute Gasteiger partial charge is 0.454 e. The maximum atomic E-state index is 14.9. The van der Waals surface area contributed by atoms with Gasteiger partial charge in [-0.15, -0.1) is 37.2 Å². The third-order valence-corrected chi connectivity index (χ3v) is 5.23. The van der Waals surface area contributed by atoms with Crippen molar-refractivity contribution in [3.63, 3.8) is 0 Å². The molecule has 0 unspecified atom stereocenters. The average Bonchev–Trinajstić information content (AvgIpc) is 2.87. The van der Waals surface area contributed by atoms with Gasteiger partial charge in [0.2, 0.25) is 5.95 Å². The van der Waals surface area contributed by atoms with Crippen molar-refractivity contribution in [1.29, 1.82) is 0 Å². The van der Waals surface area contributed by atoms with Crippen LogP contribution in [-0.2, 0) is 0 Å². The predicted octanol–water partition coefficient (Wildman–Crippen LogP) is 5.90. The molecule has 4 rings (SSSR count). The summed E-state index contributed by atoms with van der Waals surface area (Å²) < 4.78 is 47.8. The molecular formula is C26H28Cl3F3N8O2. The zero-order valence-electron chi connectivity index (χ0n) is 22.2. The molecule has 0 atom stereocenters. The lowest BCUT2D eigenvalue weighted by atomic mass is 10.2. The predicted molar refractivity (Wildman–Crippen MR) is 164 cm³/mol. The van der Waals surface area contributed by atoms with E-state index >= 15 is 0 Å². The molecule has 42 heavy (non-hydrogen) atoms. The summed E-state index contributed by atoms with van der Waals surface area (Å²) in [6.07, 6.45) is 2.67. The Morgan fingerprint density at radius 3 is 2.40 bits per heavy atom. The number of benzene rings is 2. The van der Waals surface area contributed by atoms with Crippen molar-refractivity contribution in [3.8, 4) is 11.5 Å². The van der Waals surface area contributed by atoms with Gasteiger partial charge in [-0.1, -0.05) is 0 Å². The minimum Gasteiger partial charge on any atom is -0.454 e. The maximum Gasteiger partial charge on any atom is 0.261 e. The molecule has 0 radical (unpaired) electrons. The van der Waals surface area contributed by atoms with E-state index in [1.807, 2.05) is 19.0 Å². The Morgan fingerprint density at radius 1 is 0.976 bits per heavy atom. The molecule has 2 aromatic carbocycles. The number of nitrogen functional groups attached to an aromatic ring is 1. The van der Waals surface area contributed by atoms with Crippen LogP contribution in [0.1, 0.15) is 10.4 Å². The molecule has 1 amide bonds. The Morgan fingerprint density at radius 2 is 1.74 bits per heavy atom. The number of carbonyl (C=O) groups excluding carboxylic acids is 1. The van der Waals surface area contributed by atoms with Gasteiger partial charge in [-0.05, 0) is 44.4 Å². The normalized spacial score (nSPS) is 10.0. The van der Waals surface area contributed by atoms with Crippen LogP contribution in [0.15, 0.2) is 60.9 Å². The van der Waals surface area contributed by atoms with E-state index < -0.39 is 23.4 Å². The van der Waals surface area contributed by atoms with Crippen molar-refractivity contribution in [3.05, 3.63) is 83.9 Å². The molecule has 0 spiro atoms. The minimum absolute atomic E-state index is 0. The van der Waals surface area contributed by atoms with Gasteiger partial charge in [0.05, 0.1) is 5.69 Å². The summed E-state index contributed by atoms with van der Waals surface area (Å²) in [5.74, 6) is -2.52. The van der Waals surface area contributed by atoms with Gasteiger partial charge < -0.3 is 31.3 Å². The highest BCUT2D eigenvalue weighted by molar-refractivity contribution is 6.07. The van der Waals surface area contributed by atoms with Crippen LogP contribution in [0.25, 0.3) is 0 Å². The van der Waals surface area contributed by atoms with Gasteiger partial charge in [-0.2, -0.15) is 4.98 Å². The number of nitrogens with one attached hydrogen (secondary N) is 3. The molecule has 5 N–H and O–H groups in total.